The summed E-state index contributed by atoms with van der Waals surface area (Å²) in [5.74, 6) is 0.495. The second kappa shape index (κ2) is 6.31. The predicted molar refractivity (Wildman–Crippen MR) is 87.5 cm³/mol. The van der Waals surface area contributed by atoms with Crippen LogP contribution in [0.4, 0.5) is 5.69 Å². The molecule has 0 radical (unpaired) electrons. The van der Waals surface area contributed by atoms with Crippen molar-refractivity contribution in [1.29, 1.82) is 0 Å². The number of ether oxygens (including phenoxy) is 1. The highest BCUT2D eigenvalue weighted by Gasteiger charge is 2.23. The Labute approximate surface area is 127 Å². The fourth-order valence-corrected chi connectivity index (χ4v) is 3.03. The van der Waals surface area contributed by atoms with Gasteiger partial charge in [-0.15, -0.1) is 0 Å². The molecule has 3 rings (SSSR count). The molecule has 0 aromatic heterocycles. The zero-order valence-electron chi connectivity index (χ0n) is 12.8. The molecule has 21 heavy (non-hydrogen) atoms. The average Bonchev–Trinajstić information content (AvgIpc) is 2.48. The fraction of sp³-hybridized carbons (Fsp3) is 0.368. The summed E-state index contributed by atoms with van der Waals surface area (Å²) in [4.78, 5) is 2.40. The molecule has 1 aliphatic rings. The molecular weight excluding hydrogens is 258 g/mol. The first kappa shape index (κ1) is 14.2. The molecule has 0 aliphatic carbocycles. The van der Waals surface area contributed by atoms with Gasteiger partial charge < -0.3 is 9.64 Å². The summed E-state index contributed by atoms with van der Waals surface area (Å²) in [6, 6.07) is 19.3. The summed E-state index contributed by atoms with van der Waals surface area (Å²) in [6.07, 6.45) is 0.208. The van der Waals surface area contributed by atoms with E-state index in [4.69, 9.17) is 4.74 Å². The highest BCUT2D eigenvalue weighted by atomic mass is 16.5. The Balaban J connectivity index is 1.94. The van der Waals surface area contributed by atoms with Gasteiger partial charge in [-0.1, -0.05) is 56.3 Å². The van der Waals surface area contributed by atoms with Crippen LogP contribution >= 0.6 is 0 Å². The zero-order valence-corrected chi connectivity index (χ0v) is 12.8. The van der Waals surface area contributed by atoms with Crippen molar-refractivity contribution in [2.45, 2.75) is 26.5 Å². The van der Waals surface area contributed by atoms with E-state index in [9.17, 15) is 0 Å². The minimum absolute atomic E-state index is 0.208. The van der Waals surface area contributed by atoms with Crippen LogP contribution in [0.1, 0.15) is 31.1 Å². The molecule has 0 bridgehead atoms. The van der Waals surface area contributed by atoms with Gasteiger partial charge in [0, 0.05) is 18.8 Å². The van der Waals surface area contributed by atoms with Crippen molar-refractivity contribution in [3.8, 4) is 0 Å². The van der Waals surface area contributed by atoms with E-state index < -0.39 is 0 Å². The van der Waals surface area contributed by atoms with Crippen LogP contribution in [0.2, 0.25) is 0 Å². The number of fused-ring (bicyclic) bond motifs is 1. The molecule has 2 nitrogen and oxygen atoms in total. The molecule has 0 saturated heterocycles. The molecule has 2 aromatic carbocycles. The van der Waals surface area contributed by atoms with Crippen LogP contribution in [0, 0.1) is 5.92 Å². The Bertz CT molecular complexity index is 579. The van der Waals surface area contributed by atoms with Gasteiger partial charge in [-0.25, -0.2) is 0 Å². The Kier molecular flexibility index (Phi) is 4.26. The Hall–Kier alpha value is -1.80. The average molecular weight is 281 g/mol. The van der Waals surface area contributed by atoms with Gasteiger partial charge in [-0.3, -0.25) is 0 Å². The zero-order chi connectivity index (χ0) is 14.7. The van der Waals surface area contributed by atoms with Crippen LogP contribution in [-0.2, 0) is 11.3 Å². The highest BCUT2D eigenvalue weighted by Crippen LogP contribution is 2.31. The lowest BCUT2D eigenvalue weighted by atomic mass is 9.93. The molecule has 0 fully saturated rings. The Morgan fingerprint density at radius 3 is 2.48 bits per heavy atom. The standard InChI is InChI=1S/C19H23NO/c1-15(2)19-18-11-7-6-8-16(18)14-20(12-13-21-19)17-9-4-3-5-10-17/h3-11,15,19H,12-14H2,1-2H3. The van der Waals surface area contributed by atoms with Gasteiger partial charge in [-0.2, -0.15) is 0 Å². The minimum Gasteiger partial charge on any atom is -0.371 e. The number of anilines is 1. The van der Waals surface area contributed by atoms with Crippen LogP contribution in [0.25, 0.3) is 0 Å². The normalized spacial score (nSPS) is 19.0. The summed E-state index contributed by atoms with van der Waals surface area (Å²) in [5, 5.41) is 0. The van der Waals surface area contributed by atoms with E-state index in [1.54, 1.807) is 0 Å². The molecule has 2 heteroatoms. The number of para-hydroxylation sites is 1. The number of rotatable bonds is 2. The molecule has 0 N–H and O–H groups in total. The van der Waals surface area contributed by atoms with E-state index in [0.29, 0.717) is 5.92 Å². The molecule has 1 atom stereocenters. The van der Waals surface area contributed by atoms with Gasteiger partial charge in [0.15, 0.2) is 0 Å². The van der Waals surface area contributed by atoms with Crippen LogP contribution in [0.15, 0.2) is 54.6 Å². The number of hydrogen-bond donors (Lipinski definition) is 0. The largest absolute Gasteiger partial charge is 0.371 e. The van der Waals surface area contributed by atoms with Crippen molar-refractivity contribution < 1.29 is 4.74 Å². The van der Waals surface area contributed by atoms with E-state index in [2.05, 4.69) is 73.3 Å². The molecule has 2 aromatic rings. The second-order valence-electron chi connectivity index (χ2n) is 5.99. The topological polar surface area (TPSA) is 12.5 Å². The smallest absolute Gasteiger partial charge is 0.0852 e. The van der Waals surface area contributed by atoms with Gasteiger partial charge >= 0.3 is 0 Å². The van der Waals surface area contributed by atoms with E-state index in [1.165, 1.54) is 16.8 Å². The first-order chi connectivity index (χ1) is 10.3. The van der Waals surface area contributed by atoms with Crippen molar-refractivity contribution in [1.82, 2.24) is 0 Å². The van der Waals surface area contributed by atoms with Crippen molar-refractivity contribution >= 4 is 5.69 Å². The van der Waals surface area contributed by atoms with Crippen LogP contribution in [0.3, 0.4) is 0 Å². The number of benzene rings is 2. The first-order valence-electron chi connectivity index (χ1n) is 7.75. The maximum Gasteiger partial charge on any atom is 0.0852 e. The maximum absolute atomic E-state index is 6.18. The van der Waals surface area contributed by atoms with Gasteiger partial charge in [0.25, 0.3) is 0 Å². The molecule has 1 aliphatic heterocycles. The molecule has 0 saturated carbocycles. The second-order valence-corrected chi connectivity index (χ2v) is 5.99. The van der Waals surface area contributed by atoms with Crippen molar-refractivity contribution in [2.75, 3.05) is 18.1 Å². The molecular formula is C19H23NO. The van der Waals surface area contributed by atoms with E-state index in [0.717, 1.165) is 19.7 Å². The molecule has 1 unspecified atom stereocenters. The monoisotopic (exact) mass is 281 g/mol. The lowest BCUT2D eigenvalue weighted by Crippen LogP contribution is -2.31. The molecule has 0 amide bonds. The number of nitrogens with zero attached hydrogens (tertiary/aromatic N) is 1. The SMILES string of the molecule is CC(C)C1OCCN(c2ccccc2)Cc2ccccc21. The maximum atomic E-state index is 6.18. The Morgan fingerprint density at radius 2 is 1.71 bits per heavy atom. The third-order valence-electron chi connectivity index (χ3n) is 4.11. The third kappa shape index (κ3) is 3.11. The summed E-state index contributed by atoms with van der Waals surface area (Å²) in [6.45, 7) is 7.12. The van der Waals surface area contributed by atoms with E-state index in [1.807, 2.05) is 0 Å². The van der Waals surface area contributed by atoms with Crippen molar-refractivity contribution in [3.05, 3.63) is 65.7 Å². The summed E-state index contributed by atoms with van der Waals surface area (Å²) in [7, 11) is 0. The predicted octanol–water partition coefficient (Wildman–Crippen LogP) is 4.42. The van der Waals surface area contributed by atoms with E-state index >= 15 is 0 Å². The van der Waals surface area contributed by atoms with E-state index in [-0.39, 0.29) is 6.10 Å². The lowest BCUT2D eigenvalue weighted by molar-refractivity contribution is 0.0221. The van der Waals surface area contributed by atoms with Gasteiger partial charge in [0.2, 0.25) is 0 Å². The number of hydrogen-bond acceptors (Lipinski definition) is 2. The highest BCUT2D eigenvalue weighted by molar-refractivity contribution is 5.47. The van der Waals surface area contributed by atoms with Gasteiger partial charge in [-0.05, 0) is 29.2 Å². The third-order valence-corrected chi connectivity index (χ3v) is 4.11. The molecule has 0 spiro atoms. The van der Waals surface area contributed by atoms with Gasteiger partial charge in [0.05, 0.1) is 12.7 Å². The quantitative estimate of drug-likeness (QED) is 0.808. The minimum atomic E-state index is 0.208. The first-order valence-corrected chi connectivity index (χ1v) is 7.75. The summed E-state index contributed by atoms with van der Waals surface area (Å²) < 4.78 is 6.18. The molecule has 110 valence electrons. The van der Waals surface area contributed by atoms with Crippen molar-refractivity contribution in [3.63, 3.8) is 0 Å². The van der Waals surface area contributed by atoms with Crippen LogP contribution in [-0.4, -0.2) is 13.2 Å². The summed E-state index contributed by atoms with van der Waals surface area (Å²) >= 11 is 0. The van der Waals surface area contributed by atoms with Crippen LogP contribution < -0.4 is 4.90 Å². The molecule has 1 heterocycles. The fourth-order valence-electron chi connectivity index (χ4n) is 3.03. The van der Waals surface area contributed by atoms with Crippen molar-refractivity contribution in [2.24, 2.45) is 5.92 Å². The van der Waals surface area contributed by atoms with Gasteiger partial charge in [0.1, 0.15) is 0 Å². The Morgan fingerprint density at radius 1 is 1.00 bits per heavy atom. The van der Waals surface area contributed by atoms with Crippen LogP contribution in [0.5, 0.6) is 0 Å². The summed E-state index contributed by atoms with van der Waals surface area (Å²) in [5.41, 5.74) is 3.98. The lowest BCUT2D eigenvalue weighted by Gasteiger charge is -2.33.